The van der Waals surface area contributed by atoms with Gasteiger partial charge in [0.15, 0.2) is 0 Å². The topological polar surface area (TPSA) is 70.6 Å². The first-order chi connectivity index (χ1) is 14.2. The van der Waals surface area contributed by atoms with Crippen LogP contribution in [0.1, 0.15) is 32.7 Å². The second kappa shape index (κ2) is 7.76. The van der Waals surface area contributed by atoms with Crippen molar-refractivity contribution in [2.75, 3.05) is 26.2 Å². The van der Waals surface area contributed by atoms with Crippen molar-refractivity contribution in [2.24, 2.45) is 0 Å². The van der Waals surface area contributed by atoms with Gasteiger partial charge in [0.25, 0.3) is 5.91 Å². The zero-order valence-corrected chi connectivity index (χ0v) is 19.2. The summed E-state index contributed by atoms with van der Waals surface area (Å²) in [6.45, 7) is 8.89. The maximum absolute atomic E-state index is 13.3. The minimum absolute atomic E-state index is 0.133. The number of amides is 1. The van der Waals surface area contributed by atoms with Crippen molar-refractivity contribution >= 4 is 37.5 Å². The standard InChI is InChI=1S/C22H25N3O3S2/c1-14-5-6-19-18(13-14)20(23-29-19)22(26)24-7-9-25(10-8-24)30(27,28)21-16(3)11-15(2)12-17(21)4/h5-6,11-13H,7-10H2,1-4H3. The quantitative estimate of drug-likeness (QED) is 0.619. The van der Waals surface area contributed by atoms with Crippen LogP contribution in [0.5, 0.6) is 0 Å². The number of benzene rings is 2. The molecule has 4 rings (SSSR count). The third kappa shape index (κ3) is 3.64. The van der Waals surface area contributed by atoms with E-state index in [1.165, 1.54) is 15.8 Å². The molecule has 0 N–H and O–H groups in total. The number of rotatable bonds is 3. The molecular formula is C22H25N3O3S2. The number of sulfonamides is 1. The number of carbonyl (C=O) groups excluding carboxylic acids is 1. The van der Waals surface area contributed by atoms with Crippen molar-refractivity contribution in [1.29, 1.82) is 0 Å². The van der Waals surface area contributed by atoms with E-state index in [9.17, 15) is 13.2 Å². The van der Waals surface area contributed by atoms with E-state index in [2.05, 4.69) is 4.37 Å². The van der Waals surface area contributed by atoms with Crippen LogP contribution >= 0.6 is 11.5 Å². The van der Waals surface area contributed by atoms with Gasteiger partial charge in [-0.15, -0.1) is 0 Å². The zero-order chi connectivity index (χ0) is 21.6. The Morgan fingerprint density at radius 2 is 1.57 bits per heavy atom. The molecule has 0 bridgehead atoms. The molecule has 2 heterocycles. The molecule has 0 atom stereocenters. The normalized spacial score (nSPS) is 15.7. The summed E-state index contributed by atoms with van der Waals surface area (Å²) < 4.78 is 33.4. The molecule has 1 aliphatic rings. The largest absolute Gasteiger partial charge is 0.335 e. The second-order valence-electron chi connectivity index (χ2n) is 7.95. The van der Waals surface area contributed by atoms with Crippen LogP contribution in [0.3, 0.4) is 0 Å². The van der Waals surface area contributed by atoms with E-state index in [0.717, 1.165) is 32.3 Å². The lowest BCUT2D eigenvalue weighted by molar-refractivity contribution is 0.0695. The molecule has 2 aromatic carbocycles. The molecule has 1 saturated heterocycles. The van der Waals surface area contributed by atoms with Crippen LogP contribution in [-0.4, -0.2) is 54.1 Å². The minimum Gasteiger partial charge on any atom is -0.335 e. The fourth-order valence-electron chi connectivity index (χ4n) is 4.19. The molecule has 0 saturated carbocycles. The van der Waals surface area contributed by atoms with Crippen molar-refractivity contribution in [3.8, 4) is 0 Å². The summed E-state index contributed by atoms with van der Waals surface area (Å²) >= 11 is 1.32. The zero-order valence-electron chi connectivity index (χ0n) is 17.6. The summed E-state index contributed by atoms with van der Waals surface area (Å²) in [5, 5.41) is 0.867. The van der Waals surface area contributed by atoms with Crippen LogP contribution in [0.15, 0.2) is 35.2 Å². The molecule has 30 heavy (non-hydrogen) atoms. The number of piperazine rings is 1. The summed E-state index contributed by atoms with van der Waals surface area (Å²) in [5.41, 5.74) is 4.10. The molecule has 1 aliphatic heterocycles. The average Bonchev–Trinajstić information content (AvgIpc) is 3.09. The Labute approximate surface area is 181 Å². The average molecular weight is 444 g/mol. The number of aryl methyl sites for hydroxylation is 4. The van der Waals surface area contributed by atoms with Gasteiger partial charge < -0.3 is 4.90 Å². The van der Waals surface area contributed by atoms with Crippen LogP contribution < -0.4 is 0 Å². The first kappa shape index (κ1) is 21.0. The fraction of sp³-hybridized carbons (Fsp3) is 0.364. The fourth-order valence-corrected chi connectivity index (χ4v) is 6.77. The Kier molecular flexibility index (Phi) is 5.42. The van der Waals surface area contributed by atoms with Crippen molar-refractivity contribution in [2.45, 2.75) is 32.6 Å². The van der Waals surface area contributed by atoms with Crippen LogP contribution in [-0.2, 0) is 10.0 Å². The van der Waals surface area contributed by atoms with Crippen LogP contribution in [0.4, 0.5) is 0 Å². The Morgan fingerprint density at radius 3 is 2.20 bits per heavy atom. The Bertz CT molecular complexity index is 1220. The molecule has 6 nitrogen and oxygen atoms in total. The summed E-state index contributed by atoms with van der Waals surface area (Å²) in [4.78, 5) is 15.1. The molecule has 0 spiro atoms. The van der Waals surface area contributed by atoms with Gasteiger partial charge in [0.05, 0.1) is 9.60 Å². The van der Waals surface area contributed by atoms with Gasteiger partial charge in [0.2, 0.25) is 10.0 Å². The van der Waals surface area contributed by atoms with Crippen LogP contribution in [0, 0.1) is 27.7 Å². The van der Waals surface area contributed by atoms with Gasteiger partial charge in [-0.1, -0.05) is 29.3 Å². The molecule has 0 aliphatic carbocycles. The molecule has 0 unspecified atom stereocenters. The molecule has 0 radical (unpaired) electrons. The van der Waals surface area contributed by atoms with E-state index < -0.39 is 10.0 Å². The van der Waals surface area contributed by atoms with Gasteiger partial charge in [-0.25, -0.2) is 8.42 Å². The van der Waals surface area contributed by atoms with E-state index in [1.807, 2.05) is 58.0 Å². The number of fused-ring (bicyclic) bond motifs is 1. The van der Waals surface area contributed by atoms with Crippen molar-refractivity contribution in [3.63, 3.8) is 0 Å². The van der Waals surface area contributed by atoms with Gasteiger partial charge in [0, 0.05) is 31.6 Å². The third-order valence-corrected chi connectivity index (χ3v) is 8.59. The highest BCUT2D eigenvalue weighted by molar-refractivity contribution is 7.89. The Balaban J connectivity index is 1.53. The van der Waals surface area contributed by atoms with E-state index in [-0.39, 0.29) is 19.0 Å². The molecule has 8 heteroatoms. The predicted octanol–water partition coefficient (Wildman–Crippen LogP) is 3.68. The summed E-state index contributed by atoms with van der Waals surface area (Å²) in [5.74, 6) is -0.133. The summed E-state index contributed by atoms with van der Waals surface area (Å²) in [6, 6.07) is 9.77. The highest BCUT2D eigenvalue weighted by Gasteiger charge is 2.33. The molecule has 1 aromatic heterocycles. The first-order valence-corrected chi connectivity index (χ1v) is 12.1. The van der Waals surface area contributed by atoms with Gasteiger partial charge >= 0.3 is 0 Å². The lowest BCUT2D eigenvalue weighted by Gasteiger charge is -2.34. The Morgan fingerprint density at radius 1 is 0.933 bits per heavy atom. The van der Waals surface area contributed by atoms with E-state index in [0.29, 0.717) is 23.7 Å². The van der Waals surface area contributed by atoms with Crippen molar-refractivity contribution < 1.29 is 13.2 Å². The number of carbonyl (C=O) groups is 1. The minimum atomic E-state index is -3.60. The molecule has 3 aromatic rings. The highest BCUT2D eigenvalue weighted by atomic mass is 32.2. The SMILES string of the molecule is Cc1cc(C)c(S(=O)(=O)N2CCN(C(=O)c3nsc4ccc(C)cc34)CC2)c(C)c1. The van der Waals surface area contributed by atoms with E-state index in [4.69, 9.17) is 0 Å². The number of nitrogens with zero attached hydrogens (tertiary/aromatic N) is 3. The number of hydrogen-bond acceptors (Lipinski definition) is 5. The molecular weight excluding hydrogens is 418 g/mol. The summed E-state index contributed by atoms with van der Waals surface area (Å²) in [6.07, 6.45) is 0. The first-order valence-electron chi connectivity index (χ1n) is 9.92. The number of aromatic nitrogens is 1. The summed E-state index contributed by atoms with van der Waals surface area (Å²) in [7, 11) is -3.60. The monoisotopic (exact) mass is 443 g/mol. The van der Waals surface area contributed by atoms with Gasteiger partial charge in [-0.2, -0.15) is 8.68 Å². The molecule has 158 valence electrons. The highest BCUT2D eigenvalue weighted by Crippen LogP contribution is 2.28. The molecule has 1 fully saturated rings. The smallest absolute Gasteiger partial charge is 0.274 e. The number of hydrogen-bond donors (Lipinski definition) is 0. The van der Waals surface area contributed by atoms with Gasteiger partial charge in [-0.3, -0.25) is 4.79 Å². The second-order valence-corrected chi connectivity index (χ2v) is 10.6. The van der Waals surface area contributed by atoms with Gasteiger partial charge in [0.1, 0.15) is 5.69 Å². The lowest BCUT2D eigenvalue weighted by atomic mass is 10.1. The lowest BCUT2D eigenvalue weighted by Crippen LogP contribution is -2.50. The van der Waals surface area contributed by atoms with Gasteiger partial charge in [-0.05, 0) is 62.5 Å². The third-order valence-electron chi connectivity index (χ3n) is 5.56. The maximum Gasteiger partial charge on any atom is 0.274 e. The maximum atomic E-state index is 13.3. The van der Waals surface area contributed by atoms with Crippen LogP contribution in [0.25, 0.3) is 10.1 Å². The van der Waals surface area contributed by atoms with Crippen molar-refractivity contribution in [1.82, 2.24) is 13.6 Å². The predicted molar refractivity (Wildman–Crippen MR) is 120 cm³/mol. The van der Waals surface area contributed by atoms with E-state index >= 15 is 0 Å². The van der Waals surface area contributed by atoms with E-state index in [1.54, 1.807) is 4.90 Å². The van der Waals surface area contributed by atoms with Crippen molar-refractivity contribution in [3.05, 3.63) is 58.3 Å². The molecule has 1 amide bonds. The Hall–Kier alpha value is -2.29. The van der Waals surface area contributed by atoms with Crippen LogP contribution in [0.2, 0.25) is 0 Å².